The van der Waals surface area contributed by atoms with Crippen LogP contribution < -0.4 is 5.32 Å². The number of aromatic nitrogens is 3. The van der Waals surface area contributed by atoms with Crippen LogP contribution in [0.5, 0.6) is 0 Å². The molecule has 128 valence electrons. The van der Waals surface area contributed by atoms with Gasteiger partial charge in [-0.05, 0) is 30.3 Å². The van der Waals surface area contributed by atoms with E-state index >= 15 is 0 Å². The third-order valence-electron chi connectivity index (χ3n) is 3.16. The lowest BCUT2D eigenvalue weighted by atomic mass is 10.3. The van der Waals surface area contributed by atoms with Gasteiger partial charge in [0.15, 0.2) is 5.16 Å². The summed E-state index contributed by atoms with van der Waals surface area (Å²) in [6.07, 6.45) is 1.57. The maximum atomic E-state index is 12.2. The number of amides is 1. The number of carbonyl (C=O) groups excluding carboxylic acids is 1. The van der Waals surface area contributed by atoms with Gasteiger partial charge >= 0.3 is 0 Å². The molecule has 0 radical (unpaired) electrons. The van der Waals surface area contributed by atoms with Crippen LogP contribution in [0.25, 0.3) is 5.69 Å². The maximum absolute atomic E-state index is 12.2. The molecule has 0 atom stereocenters. The van der Waals surface area contributed by atoms with Gasteiger partial charge in [0, 0.05) is 5.02 Å². The van der Waals surface area contributed by atoms with Crippen LogP contribution in [-0.2, 0) is 4.79 Å². The molecule has 5 nitrogen and oxygen atoms in total. The van der Waals surface area contributed by atoms with E-state index in [1.165, 1.54) is 11.8 Å². The van der Waals surface area contributed by atoms with Crippen molar-refractivity contribution < 1.29 is 4.79 Å². The summed E-state index contributed by atoms with van der Waals surface area (Å²) in [5.74, 6) is -0.0861. The Labute approximate surface area is 163 Å². The van der Waals surface area contributed by atoms with Gasteiger partial charge in [-0.1, -0.05) is 58.7 Å². The van der Waals surface area contributed by atoms with Crippen molar-refractivity contribution in [2.45, 2.75) is 5.16 Å². The van der Waals surface area contributed by atoms with Crippen molar-refractivity contribution in [2.75, 3.05) is 11.1 Å². The summed E-state index contributed by atoms with van der Waals surface area (Å²) >= 11 is 19.3. The van der Waals surface area contributed by atoms with Crippen LogP contribution in [0.3, 0.4) is 0 Å². The van der Waals surface area contributed by atoms with E-state index < -0.39 is 0 Å². The Bertz CT molecular complexity index is 916. The first-order valence-electron chi connectivity index (χ1n) is 7.07. The van der Waals surface area contributed by atoms with Crippen LogP contribution in [0, 0.1) is 0 Å². The van der Waals surface area contributed by atoms with E-state index in [4.69, 9.17) is 34.8 Å². The molecule has 0 saturated carbocycles. The molecule has 1 amide bonds. The summed E-state index contributed by atoms with van der Waals surface area (Å²) in [6.45, 7) is 0. The normalized spacial score (nSPS) is 10.7. The van der Waals surface area contributed by atoms with Crippen molar-refractivity contribution in [3.8, 4) is 5.69 Å². The molecule has 0 fully saturated rings. The van der Waals surface area contributed by atoms with Gasteiger partial charge < -0.3 is 5.32 Å². The second-order valence-corrected chi connectivity index (χ2v) is 7.07. The Morgan fingerprint density at radius 2 is 1.96 bits per heavy atom. The Kier molecular flexibility index (Phi) is 5.86. The molecule has 0 aliphatic carbocycles. The second kappa shape index (κ2) is 8.10. The van der Waals surface area contributed by atoms with Crippen LogP contribution >= 0.6 is 46.6 Å². The molecule has 0 saturated heterocycles. The molecule has 2 aromatic carbocycles. The molecular weight excluding hydrogens is 403 g/mol. The first kappa shape index (κ1) is 18.1. The van der Waals surface area contributed by atoms with Gasteiger partial charge in [0.1, 0.15) is 6.33 Å². The fraction of sp³-hybridized carbons (Fsp3) is 0.0625. The molecule has 0 aliphatic heterocycles. The van der Waals surface area contributed by atoms with Gasteiger partial charge in [-0.25, -0.2) is 0 Å². The minimum atomic E-state index is -0.227. The summed E-state index contributed by atoms with van der Waals surface area (Å²) in [5.41, 5.74) is 1.29. The molecule has 0 spiro atoms. The van der Waals surface area contributed by atoms with Gasteiger partial charge in [-0.3, -0.25) is 9.36 Å². The van der Waals surface area contributed by atoms with Crippen LogP contribution in [0.4, 0.5) is 5.69 Å². The Morgan fingerprint density at radius 3 is 2.76 bits per heavy atom. The SMILES string of the molecule is O=C(CSc1nncn1-c1cccc(Cl)c1)Nc1cccc(Cl)c1Cl. The average Bonchev–Trinajstić information content (AvgIpc) is 3.06. The van der Waals surface area contributed by atoms with Crippen molar-refractivity contribution in [3.63, 3.8) is 0 Å². The van der Waals surface area contributed by atoms with Crippen LogP contribution in [0.15, 0.2) is 53.9 Å². The minimum Gasteiger partial charge on any atom is -0.324 e. The molecule has 1 heterocycles. The average molecular weight is 414 g/mol. The number of thioether (sulfide) groups is 1. The van der Waals surface area contributed by atoms with Gasteiger partial charge in [0.2, 0.25) is 5.91 Å². The number of nitrogens with zero attached hydrogens (tertiary/aromatic N) is 3. The lowest BCUT2D eigenvalue weighted by Gasteiger charge is -2.09. The van der Waals surface area contributed by atoms with Gasteiger partial charge in [-0.15, -0.1) is 10.2 Å². The molecule has 3 aromatic rings. The fourth-order valence-electron chi connectivity index (χ4n) is 2.04. The van der Waals surface area contributed by atoms with E-state index in [0.29, 0.717) is 25.9 Å². The zero-order valence-electron chi connectivity index (χ0n) is 12.6. The summed E-state index contributed by atoms with van der Waals surface area (Å²) in [6, 6.07) is 12.3. The number of hydrogen-bond acceptors (Lipinski definition) is 4. The molecule has 1 N–H and O–H groups in total. The third kappa shape index (κ3) is 4.46. The molecule has 25 heavy (non-hydrogen) atoms. The van der Waals surface area contributed by atoms with E-state index in [1.807, 2.05) is 12.1 Å². The van der Waals surface area contributed by atoms with Crippen molar-refractivity contribution in [3.05, 3.63) is 63.9 Å². The standard InChI is InChI=1S/C16H11Cl3N4OS/c17-10-3-1-4-11(7-10)23-9-20-22-16(23)25-8-14(24)21-13-6-2-5-12(18)15(13)19/h1-7,9H,8H2,(H,21,24). The number of rotatable bonds is 5. The largest absolute Gasteiger partial charge is 0.324 e. The Morgan fingerprint density at radius 1 is 1.16 bits per heavy atom. The zero-order valence-corrected chi connectivity index (χ0v) is 15.7. The number of carbonyl (C=O) groups is 1. The number of halogens is 3. The van der Waals surface area contributed by atoms with E-state index in [1.54, 1.807) is 41.2 Å². The summed E-state index contributed by atoms with van der Waals surface area (Å²) < 4.78 is 1.76. The third-order valence-corrected chi connectivity index (χ3v) is 5.16. The number of nitrogens with one attached hydrogen (secondary N) is 1. The summed E-state index contributed by atoms with van der Waals surface area (Å²) in [4.78, 5) is 12.2. The summed E-state index contributed by atoms with van der Waals surface area (Å²) in [7, 11) is 0. The highest BCUT2D eigenvalue weighted by Gasteiger charge is 2.12. The van der Waals surface area contributed by atoms with Crippen molar-refractivity contribution in [1.29, 1.82) is 0 Å². The highest BCUT2D eigenvalue weighted by atomic mass is 35.5. The van der Waals surface area contributed by atoms with E-state index in [-0.39, 0.29) is 11.7 Å². The monoisotopic (exact) mass is 412 g/mol. The molecular formula is C16H11Cl3N4OS. The van der Waals surface area contributed by atoms with Crippen molar-refractivity contribution in [2.24, 2.45) is 0 Å². The number of anilines is 1. The highest BCUT2D eigenvalue weighted by molar-refractivity contribution is 7.99. The van der Waals surface area contributed by atoms with E-state index in [9.17, 15) is 4.79 Å². The van der Waals surface area contributed by atoms with Crippen LogP contribution in [0.2, 0.25) is 15.1 Å². The van der Waals surface area contributed by atoms with Crippen molar-refractivity contribution in [1.82, 2.24) is 14.8 Å². The molecule has 0 unspecified atom stereocenters. The molecule has 0 aliphatic rings. The lowest BCUT2D eigenvalue weighted by Crippen LogP contribution is -2.14. The quantitative estimate of drug-likeness (QED) is 0.601. The van der Waals surface area contributed by atoms with Crippen molar-refractivity contribution >= 4 is 58.2 Å². The predicted molar refractivity (Wildman–Crippen MR) is 102 cm³/mol. The maximum Gasteiger partial charge on any atom is 0.234 e. The smallest absolute Gasteiger partial charge is 0.234 e. The predicted octanol–water partition coefficient (Wildman–Crippen LogP) is 4.96. The highest BCUT2D eigenvalue weighted by Crippen LogP contribution is 2.30. The first-order chi connectivity index (χ1) is 12.0. The Hall–Kier alpha value is -1.73. The fourth-order valence-corrected chi connectivity index (χ4v) is 3.30. The zero-order chi connectivity index (χ0) is 17.8. The lowest BCUT2D eigenvalue weighted by molar-refractivity contribution is -0.113. The van der Waals surface area contributed by atoms with Crippen LogP contribution in [-0.4, -0.2) is 26.4 Å². The number of hydrogen-bond donors (Lipinski definition) is 1. The topological polar surface area (TPSA) is 59.8 Å². The minimum absolute atomic E-state index is 0.141. The molecule has 3 rings (SSSR count). The van der Waals surface area contributed by atoms with Gasteiger partial charge in [0.25, 0.3) is 0 Å². The first-order valence-corrected chi connectivity index (χ1v) is 9.19. The molecule has 0 bridgehead atoms. The molecule has 1 aromatic heterocycles. The van der Waals surface area contributed by atoms with Gasteiger partial charge in [-0.2, -0.15) is 0 Å². The Balaban J connectivity index is 1.67. The van der Waals surface area contributed by atoms with Crippen LogP contribution in [0.1, 0.15) is 0 Å². The van der Waals surface area contributed by atoms with E-state index in [2.05, 4.69) is 15.5 Å². The van der Waals surface area contributed by atoms with E-state index in [0.717, 1.165) is 5.69 Å². The second-order valence-electron chi connectivity index (χ2n) is 4.90. The van der Waals surface area contributed by atoms with Gasteiger partial charge in [0.05, 0.1) is 27.2 Å². The molecule has 9 heteroatoms. The summed E-state index contributed by atoms with van der Waals surface area (Å²) in [5, 5.41) is 12.5. The number of benzene rings is 2.